The first-order valence-corrected chi connectivity index (χ1v) is 17.4. The van der Waals surface area contributed by atoms with Crippen molar-refractivity contribution in [3.8, 4) is 11.5 Å². The zero-order chi connectivity index (χ0) is 38.7. The van der Waals surface area contributed by atoms with Gasteiger partial charge in [0.05, 0.1) is 45.0 Å². The van der Waals surface area contributed by atoms with Crippen LogP contribution < -0.4 is 14.5 Å². The number of phenolic OH excluding ortho intramolecular Hbond substituents is 1. The fourth-order valence-electron chi connectivity index (χ4n) is 8.01. The number of ether oxygens (including phenoxy) is 1. The van der Waals surface area contributed by atoms with Crippen LogP contribution in [0.3, 0.4) is 0 Å². The summed E-state index contributed by atoms with van der Waals surface area (Å²) in [4.78, 5) is 53.3. The maximum atomic E-state index is 14.5. The van der Waals surface area contributed by atoms with Gasteiger partial charge in [0.15, 0.2) is 21.2 Å². The van der Waals surface area contributed by atoms with Gasteiger partial charge in [-0.15, -0.1) is 23.2 Å². The highest BCUT2D eigenvalue weighted by molar-refractivity contribution is 14.1. The smallest absolute Gasteiger partial charge is 0.416 e. The first kappa shape index (κ1) is 37.4. The van der Waals surface area contributed by atoms with Crippen LogP contribution in [0, 0.1) is 27.1 Å². The molecular formula is C35H22Cl2F7IN2O6. The Labute approximate surface area is 318 Å². The number of fused-ring (bicyclic) bond motifs is 4. The van der Waals surface area contributed by atoms with Crippen molar-refractivity contribution >= 4 is 80.8 Å². The first-order chi connectivity index (χ1) is 24.6. The Bertz CT molecular complexity index is 2130. The molecule has 6 unspecified atom stereocenters. The Morgan fingerprint density at radius 3 is 2.00 bits per heavy atom. The standard InChI is InChI=1S/C35H22Cl2F7IN2O6/c1-53-24-9-14(8-23(45)27(24)48)26-20-6-7-21-25(29(50)46(28(21)49)19-11-15(34(39,40)41)10-16(12-19)35(42,43)44)22(20)13-32(36)30(51)47(31(52)33(26,32)37)18-4-2-17(38)3-5-18/h2-6,8-12,21-22,25-26,48H,7,13H2,1H3. The summed E-state index contributed by atoms with van der Waals surface area (Å²) in [6, 6.07) is 7.48. The molecule has 4 aliphatic rings. The van der Waals surface area contributed by atoms with Crippen molar-refractivity contribution in [1.82, 2.24) is 0 Å². The number of benzene rings is 3. The van der Waals surface area contributed by atoms with Gasteiger partial charge in [-0.05, 0) is 102 Å². The van der Waals surface area contributed by atoms with Gasteiger partial charge < -0.3 is 9.84 Å². The lowest BCUT2D eigenvalue weighted by atomic mass is 9.56. The van der Waals surface area contributed by atoms with Crippen LogP contribution in [0.4, 0.5) is 42.1 Å². The van der Waals surface area contributed by atoms with Gasteiger partial charge in [0.1, 0.15) is 5.82 Å². The van der Waals surface area contributed by atoms with Crippen molar-refractivity contribution < 1.29 is 59.8 Å². The zero-order valence-electron chi connectivity index (χ0n) is 26.7. The minimum Gasteiger partial charge on any atom is -0.504 e. The number of carbonyl (C=O) groups excluding carboxylic acids is 4. The summed E-state index contributed by atoms with van der Waals surface area (Å²) in [5.41, 5.74) is -4.11. The van der Waals surface area contributed by atoms with Gasteiger partial charge in [0, 0.05) is 5.92 Å². The molecule has 2 heterocycles. The van der Waals surface area contributed by atoms with Crippen LogP contribution in [-0.4, -0.2) is 45.6 Å². The number of amides is 4. The van der Waals surface area contributed by atoms with Crippen LogP contribution in [-0.2, 0) is 31.5 Å². The SMILES string of the molecule is COc1cc(C2C3=CCC4C(=O)N(c5cc(C(F)(F)F)cc(C(F)(F)F)c5)C(=O)C4C3CC3(Cl)C(=O)N(c4ccc(F)cc4)C(=O)C23Cl)cc(I)c1O. The Kier molecular flexibility index (Phi) is 8.69. The number of methoxy groups -OCH3 is 1. The molecule has 0 aromatic heterocycles. The Hall–Kier alpha value is -3.90. The molecular weight excluding hydrogens is 875 g/mol. The minimum atomic E-state index is -5.27. The van der Waals surface area contributed by atoms with Crippen LogP contribution in [0.2, 0.25) is 0 Å². The van der Waals surface area contributed by atoms with Gasteiger partial charge in [-0.2, -0.15) is 26.3 Å². The number of carbonyl (C=O) groups is 4. The maximum absolute atomic E-state index is 14.5. The highest BCUT2D eigenvalue weighted by Crippen LogP contribution is 2.66. The average molecular weight is 897 g/mol. The van der Waals surface area contributed by atoms with Crippen LogP contribution in [0.25, 0.3) is 0 Å². The highest BCUT2D eigenvalue weighted by Gasteiger charge is 2.76. The minimum absolute atomic E-state index is 0.0702. The van der Waals surface area contributed by atoms with Gasteiger partial charge in [0.25, 0.3) is 11.8 Å². The van der Waals surface area contributed by atoms with E-state index in [0.29, 0.717) is 4.90 Å². The van der Waals surface area contributed by atoms with Gasteiger partial charge in [-0.1, -0.05) is 11.6 Å². The number of hydrogen-bond donors (Lipinski definition) is 1. The van der Waals surface area contributed by atoms with Crippen LogP contribution >= 0.6 is 45.8 Å². The summed E-state index contributed by atoms with van der Waals surface area (Å²) in [5, 5.41) is 10.6. The van der Waals surface area contributed by atoms with Gasteiger partial charge >= 0.3 is 12.4 Å². The summed E-state index contributed by atoms with van der Waals surface area (Å²) in [7, 11) is 1.25. The fourth-order valence-corrected chi connectivity index (χ4v) is 9.57. The summed E-state index contributed by atoms with van der Waals surface area (Å²) < 4.78 is 102. The fraction of sp³-hybridized carbons (Fsp3) is 0.314. The molecule has 0 radical (unpaired) electrons. The average Bonchev–Trinajstić information content (AvgIpc) is 3.43. The van der Waals surface area contributed by atoms with Crippen LogP contribution in [0.5, 0.6) is 11.5 Å². The molecule has 3 aromatic rings. The van der Waals surface area contributed by atoms with Crippen molar-refractivity contribution in [1.29, 1.82) is 0 Å². The molecule has 1 N–H and O–H groups in total. The van der Waals surface area contributed by atoms with Crippen molar-refractivity contribution in [3.05, 3.63) is 92.3 Å². The van der Waals surface area contributed by atoms with Gasteiger partial charge in [0.2, 0.25) is 11.8 Å². The van der Waals surface area contributed by atoms with E-state index in [1.807, 2.05) is 0 Å². The van der Waals surface area contributed by atoms with Gasteiger partial charge in [-0.3, -0.25) is 19.2 Å². The number of phenols is 1. The van der Waals surface area contributed by atoms with E-state index in [4.69, 9.17) is 27.9 Å². The number of imide groups is 2. The van der Waals surface area contributed by atoms with E-state index < -0.39 is 98.5 Å². The second-order valence-electron chi connectivity index (χ2n) is 13.1. The Balaban J connectivity index is 1.40. The van der Waals surface area contributed by atoms with E-state index in [1.165, 1.54) is 25.3 Å². The monoisotopic (exact) mass is 896 g/mol. The maximum Gasteiger partial charge on any atom is 0.416 e. The molecule has 278 valence electrons. The first-order valence-electron chi connectivity index (χ1n) is 15.6. The van der Waals surface area contributed by atoms with E-state index >= 15 is 0 Å². The van der Waals surface area contributed by atoms with E-state index in [9.17, 15) is 55.0 Å². The molecule has 4 amide bonds. The molecule has 0 bridgehead atoms. The normalized spacial score (nSPS) is 28.5. The number of alkyl halides is 8. The van der Waals surface area contributed by atoms with Gasteiger partial charge in [-0.25, -0.2) is 14.2 Å². The van der Waals surface area contributed by atoms with E-state index in [2.05, 4.69) is 0 Å². The third-order valence-corrected chi connectivity index (χ3v) is 12.6. The summed E-state index contributed by atoms with van der Waals surface area (Å²) in [6.45, 7) is 0. The van der Waals surface area contributed by atoms with Crippen molar-refractivity contribution in [2.45, 2.75) is 40.9 Å². The molecule has 53 heavy (non-hydrogen) atoms. The van der Waals surface area contributed by atoms with Crippen molar-refractivity contribution in [3.63, 3.8) is 0 Å². The lowest BCUT2D eigenvalue weighted by Gasteiger charge is -2.50. The number of halogens is 10. The number of rotatable bonds is 4. The lowest BCUT2D eigenvalue weighted by Crippen LogP contribution is -2.60. The van der Waals surface area contributed by atoms with Crippen LogP contribution in [0.1, 0.15) is 35.4 Å². The quantitative estimate of drug-likeness (QED) is 0.0939. The second-order valence-corrected chi connectivity index (χ2v) is 15.5. The molecule has 6 atom stereocenters. The molecule has 1 saturated carbocycles. The largest absolute Gasteiger partial charge is 0.504 e. The number of aromatic hydroxyl groups is 1. The number of nitrogens with zero attached hydrogens (tertiary/aromatic N) is 2. The molecule has 7 rings (SSSR count). The summed E-state index contributed by atoms with van der Waals surface area (Å²) >= 11 is 16.4. The van der Waals surface area contributed by atoms with E-state index in [0.717, 1.165) is 24.3 Å². The Morgan fingerprint density at radius 1 is 0.830 bits per heavy atom. The molecule has 3 fully saturated rings. The lowest BCUT2D eigenvalue weighted by molar-refractivity contribution is -0.143. The molecule has 3 aromatic carbocycles. The third kappa shape index (κ3) is 5.44. The third-order valence-electron chi connectivity index (χ3n) is 10.3. The van der Waals surface area contributed by atoms with Crippen molar-refractivity contribution in [2.24, 2.45) is 17.8 Å². The van der Waals surface area contributed by atoms with Crippen LogP contribution in [0.15, 0.2) is 66.2 Å². The Morgan fingerprint density at radius 2 is 1.43 bits per heavy atom. The van der Waals surface area contributed by atoms with E-state index in [-0.39, 0.29) is 61.4 Å². The zero-order valence-corrected chi connectivity index (χ0v) is 30.3. The van der Waals surface area contributed by atoms with Crippen molar-refractivity contribution in [2.75, 3.05) is 16.9 Å². The molecule has 2 aliphatic carbocycles. The molecule has 8 nitrogen and oxygen atoms in total. The molecule has 18 heteroatoms. The predicted molar refractivity (Wildman–Crippen MR) is 183 cm³/mol. The summed E-state index contributed by atoms with van der Waals surface area (Å²) in [6.07, 6.45) is -9.87. The number of hydrogen-bond acceptors (Lipinski definition) is 6. The number of anilines is 2. The second kappa shape index (κ2) is 12.3. The number of allylic oxidation sites excluding steroid dienone is 2. The predicted octanol–water partition coefficient (Wildman–Crippen LogP) is 7.95. The molecule has 2 saturated heterocycles. The highest BCUT2D eigenvalue weighted by atomic mass is 127. The molecule has 0 spiro atoms. The van der Waals surface area contributed by atoms with E-state index in [1.54, 1.807) is 22.6 Å². The topological polar surface area (TPSA) is 104 Å². The molecule has 2 aliphatic heterocycles. The summed E-state index contributed by atoms with van der Waals surface area (Å²) in [5.74, 6) is -10.7.